The number of hydrogen-bond donors (Lipinski definition) is 3. The predicted octanol–water partition coefficient (Wildman–Crippen LogP) is 0.326. The number of methoxy groups -OCH3 is 3. The maximum atomic E-state index is 10.1. The number of aliphatic hydroxyl groups is 2. The summed E-state index contributed by atoms with van der Waals surface area (Å²) in [5.41, 5.74) is 0.447. The summed E-state index contributed by atoms with van der Waals surface area (Å²) in [7, 11) is 6.21. The van der Waals surface area contributed by atoms with E-state index in [0.29, 0.717) is 22.8 Å². The number of likely N-dealkylation sites (N-methyl/N-ethyl adjacent to an activating group) is 1. The Balaban J connectivity index is 3.17. The Morgan fingerprint density at radius 1 is 1.00 bits per heavy atom. The highest BCUT2D eigenvalue weighted by Crippen LogP contribution is 2.38. The van der Waals surface area contributed by atoms with E-state index < -0.39 is 12.2 Å². The average molecular weight is 271 g/mol. The fourth-order valence-corrected chi connectivity index (χ4v) is 1.81. The van der Waals surface area contributed by atoms with Crippen molar-refractivity contribution < 1.29 is 24.4 Å². The van der Waals surface area contributed by atoms with Crippen LogP contribution in [0.3, 0.4) is 0 Å². The van der Waals surface area contributed by atoms with Gasteiger partial charge in [-0.25, -0.2) is 0 Å². The van der Waals surface area contributed by atoms with Crippen molar-refractivity contribution in [1.82, 2.24) is 5.32 Å². The van der Waals surface area contributed by atoms with Crippen molar-refractivity contribution in [3.8, 4) is 17.2 Å². The van der Waals surface area contributed by atoms with Crippen LogP contribution in [0.15, 0.2) is 12.1 Å². The molecule has 0 aromatic heterocycles. The van der Waals surface area contributed by atoms with E-state index in [9.17, 15) is 10.2 Å². The molecule has 0 amide bonds. The van der Waals surface area contributed by atoms with E-state index in [1.54, 1.807) is 19.2 Å². The molecule has 2 unspecified atom stereocenters. The number of benzene rings is 1. The molecule has 0 aliphatic carbocycles. The molecular formula is C13H21NO5. The zero-order chi connectivity index (χ0) is 14.4. The highest BCUT2D eigenvalue weighted by atomic mass is 16.5. The summed E-state index contributed by atoms with van der Waals surface area (Å²) < 4.78 is 15.5. The van der Waals surface area contributed by atoms with Crippen LogP contribution in [0.25, 0.3) is 0 Å². The minimum Gasteiger partial charge on any atom is -0.496 e. The normalized spacial score (nSPS) is 13.8. The molecule has 1 aromatic rings. The Hall–Kier alpha value is -1.50. The van der Waals surface area contributed by atoms with Crippen molar-refractivity contribution in [2.24, 2.45) is 0 Å². The first-order valence-electron chi connectivity index (χ1n) is 5.89. The van der Waals surface area contributed by atoms with E-state index in [1.807, 2.05) is 0 Å². The third kappa shape index (κ3) is 3.50. The number of ether oxygens (including phenoxy) is 3. The lowest BCUT2D eigenvalue weighted by molar-refractivity contribution is 0.0187. The van der Waals surface area contributed by atoms with Gasteiger partial charge in [0, 0.05) is 18.2 Å². The van der Waals surface area contributed by atoms with E-state index >= 15 is 0 Å². The lowest BCUT2D eigenvalue weighted by Crippen LogP contribution is -2.29. The highest BCUT2D eigenvalue weighted by Gasteiger charge is 2.23. The molecule has 0 radical (unpaired) electrons. The fraction of sp³-hybridized carbons (Fsp3) is 0.538. The number of aliphatic hydroxyl groups excluding tert-OH is 2. The second-order valence-electron chi connectivity index (χ2n) is 4.02. The van der Waals surface area contributed by atoms with Crippen LogP contribution in [0.1, 0.15) is 11.7 Å². The van der Waals surface area contributed by atoms with Crippen molar-refractivity contribution >= 4 is 0 Å². The molecule has 19 heavy (non-hydrogen) atoms. The van der Waals surface area contributed by atoms with Crippen molar-refractivity contribution in [3.05, 3.63) is 17.7 Å². The van der Waals surface area contributed by atoms with Crippen molar-refractivity contribution in [3.63, 3.8) is 0 Å². The van der Waals surface area contributed by atoms with Crippen molar-refractivity contribution in [1.29, 1.82) is 0 Å². The Bertz CT molecular complexity index is 410. The first-order valence-corrected chi connectivity index (χ1v) is 5.89. The largest absolute Gasteiger partial charge is 0.496 e. The van der Waals surface area contributed by atoms with Gasteiger partial charge in [-0.15, -0.1) is 0 Å². The summed E-state index contributed by atoms with van der Waals surface area (Å²) in [4.78, 5) is 0. The Morgan fingerprint density at radius 2 is 1.53 bits per heavy atom. The van der Waals surface area contributed by atoms with Crippen LogP contribution in [-0.2, 0) is 0 Å². The van der Waals surface area contributed by atoms with Gasteiger partial charge < -0.3 is 29.7 Å². The Labute approximate surface area is 112 Å². The molecule has 0 spiro atoms. The second-order valence-corrected chi connectivity index (χ2v) is 4.02. The lowest BCUT2D eigenvalue weighted by Gasteiger charge is -2.21. The van der Waals surface area contributed by atoms with Gasteiger partial charge in [0.2, 0.25) is 0 Å². The molecule has 0 heterocycles. The third-order valence-electron chi connectivity index (χ3n) is 2.83. The predicted molar refractivity (Wildman–Crippen MR) is 71.0 cm³/mol. The molecule has 0 saturated carbocycles. The van der Waals surface area contributed by atoms with Gasteiger partial charge in [0.15, 0.2) is 11.5 Å². The highest BCUT2D eigenvalue weighted by molar-refractivity contribution is 5.51. The topological polar surface area (TPSA) is 80.2 Å². The summed E-state index contributed by atoms with van der Waals surface area (Å²) in [5.74, 6) is 1.40. The van der Waals surface area contributed by atoms with Crippen LogP contribution >= 0.6 is 0 Å². The summed E-state index contributed by atoms with van der Waals surface area (Å²) in [5, 5.41) is 22.8. The SMILES string of the molecule is CNCC(O)C(O)c1cc(OC)c(OC)cc1OC. The first kappa shape index (κ1) is 15.6. The molecule has 0 bridgehead atoms. The van der Waals surface area contributed by atoms with Gasteiger partial charge in [0.1, 0.15) is 11.9 Å². The van der Waals surface area contributed by atoms with E-state index in [1.165, 1.54) is 21.3 Å². The third-order valence-corrected chi connectivity index (χ3v) is 2.83. The molecular weight excluding hydrogens is 250 g/mol. The molecule has 1 aromatic carbocycles. The van der Waals surface area contributed by atoms with Gasteiger partial charge in [-0.1, -0.05) is 0 Å². The minimum absolute atomic E-state index is 0.263. The number of nitrogens with one attached hydrogen (secondary N) is 1. The van der Waals surface area contributed by atoms with Crippen molar-refractivity contribution in [2.45, 2.75) is 12.2 Å². The molecule has 1 rings (SSSR count). The number of rotatable bonds is 7. The molecule has 6 nitrogen and oxygen atoms in total. The van der Waals surface area contributed by atoms with E-state index in [4.69, 9.17) is 14.2 Å². The van der Waals surface area contributed by atoms with Crippen LogP contribution in [0, 0.1) is 0 Å². The van der Waals surface area contributed by atoms with Crippen molar-refractivity contribution in [2.75, 3.05) is 34.9 Å². The van der Waals surface area contributed by atoms with Crippen LogP contribution in [0.4, 0.5) is 0 Å². The zero-order valence-electron chi connectivity index (χ0n) is 11.6. The standard InChI is InChI=1S/C13H21NO5/c1-14-7-9(15)13(16)8-5-11(18-3)12(19-4)6-10(8)17-2/h5-6,9,13-16H,7H2,1-4H3. The summed E-state index contributed by atoms with van der Waals surface area (Å²) in [6.07, 6.45) is -2.03. The van der Waals surface area contributed by atoms with E-state index in [-0.39, 0.29) is 6.54 Å². The molecule has 108 valence electrons. The smallest absolute Gasteiger partial charge is 0.164 e. The van der Waals surface area contributed by atoms with Crippen LogP contribution in [0.5, 0.6) is 17.2 Å². The average Bonchev–Trinajstić information content (AvgIpc) is 2.45. The monoisotopic (exact) mass is 271 g/mol. The second kappa shape index (κ2) is 7.18. The molecule has 0 fully saturated rings. The van der Waals surface area contributed by atoms with Gasteiger partial charge in [-0.05, 0) is 13.1 Å². The van der Waals surface area contributed by atoms with Crippen LogP contribution in [-0.4, -0.2) is 51.2 Å². The lowest BCUT2D eigenvalue weighted by atomic mass is 10.0. The molecule has 3 N–H and O–H groups in total. The molecule has 0 aliphatic heterocycles. The quantitative estimate of drug-likeness (QED) is 0.663. The van der Waals surface area contributed by atoms with E-state index in [0.717, 1.165) is 0 Å². The minimum atomic E-state index is -1.08. The summed E-state index contributed by atoms with van der Waals surface area (Å²) in [6, 6.07) is 3.21. The zero-order valence-corrected chi connectivity index (χ0v) is 11.6. The molecule has 0 aliphatic rings. The first-order chi connectivity index (χ1) is 9.08. The molecule has 2 atom stereocenters. The van der Waals surface area contributed by atoms with Gasteiger partial charge in [0.25, 0.3) is 0 Å². The summed E-state index contributed by atoms with van der Waals surface area (Å²) >= 11 is 0. The van der Waals surface area contributed by atoms with Gasteiger partial charge >= 0.3 is 0 Å². The Kier molecular flexibility index (Phi) is 5.88. The maximum Gasteiger partial charge on any atom is 0.164 e. The Morgan fingerprint density at radius 3 is 2.00 bits per heavy atom. The summed E-state index contributed by atoms with van der Waals surface area (Å²) in [6.45, 7) is 0.263. The fourth-order valence-electron chi connectivity index (χ4n) is 1.81. The maximum absolute atomic E-state index is 10.1. The molecule has 0 saturated heterocycles. The van der Waals surface area contributed by atoms with Crippen LogP contribution < -0.4 is 19.5 Å². The van der Waals surface area contributed by atoms with Gasteiger partial charge in [0.05, 0.1) is 27.4 Å². The van der Waals surface area contributed by atoms with Crippen LogP contribution in [0.2, 0.25) is 0 Å². The molecule has 6 heteroatoms. The van der Waals surface area contributed by atoms with Gasteiger partial charge in [-0.2, -0.15) is 0 Å². The van der Waals surface area contributed by atoms with E-state index in [2.05, 4.69) is 5.32 Å². The number of hydrogen-bond acceptors (Lipinski definition) is 6. The van der Waals surface area contributed by atoms with Gasteiger partial charge in [-0.3, -0.25) is 0 Å².